The van der Waals surface area contributed by atoms with Crippen LogP contribution in [0.25, 0.3) is 11.1 Å². The number of nitrogens with zero attached hydrogens (tertiary/aromatic N) is 3. The number of pyridine rings is 1. The van der Waals surface area contributed by atoms with E-state index in [1.165, 1.54) is 11.1 Å². The van der Waals surface area contributed by atoms with Crippen molar-refractivity contribution in [3.8, 4) is 11.1 Å². The van der Waals surface area contributed by atoms with Crippen molar-refractivity contribution in [2.75, 3.05) is 31.2 Å². The molecular weight excluding hydrogens is 398 g/mol. The highest BCUT2D eigenvalue weighted by Gasteiger charge is 2.29. The highest BCUT2D eigenvalue weighted by Crippen LogP contribution is 2.32. The minimum absolute atomic E-state index is 0.129. The van der Waals surface area contributed by atoms with Crippen LogP contribution < -0.4 is 4.90 Å². The van der Waals surface area contributed by atoms with Crippen molar-refractivity contribution in [1.29, 1.82) is 0 Å². The Labute approximate surface area is 189 Å². The molecule has 3 heterocycles. The Morgan fingerprint density at radius 1 is 0.969 bits per heavy atom. The highest BCUT2D eigenvalue weighted by atomic mass is 16.5. The predicted octanol–water partition coefficient (Wildman–Crippen LogP) is 4.61. The number of hydrogen-bond acceptors (Lipinski definition) is 4. The number of amides is 1. The molecule has 2 aliphatic heterocycles. The van der Waals surface area contributed by atoms with E-state index in [4.69, 9.17) is 9.72 Å². The van der Waals surface area contributed by atoms with Crippen molar-refractivity contribution in [3.05, 3.63) is 82.5 Å². The van der Waals surface area contributed by atoms with Crippen LogP contribution in [0.5, 0.6) is 0 Å². The Balaban J connectivity index is 1.35. The topological polar surface area (TPSA) is 45.7 Å². The quantitative estimate of drug-likeness (QED) is 0.596. The first-order valence-electron chi connectivity index (χ1n) is 11.4. The van der Waals surface area contributed by atoms with Gasteiger partial charge in [0.05, 0.1) is 13.2 Å². The van der Waals surface area contributed by atoms with Gasteiger partial charge in [-0.1, -0.05) is 37.3 Å². The van der Waals surface area contributed by atoms with Crippen LogP contribution in [0.1, 0.15) is 39.5 Å². The Morgan fingerprint density at radius 3 is 2.41 bits per heavy atom. The zero-order valence-corrected chi connectivity index (χ0v) is 18.8. The van der Waals surface area contributed by atoms with Crippen molar-refractivity contribution in [2.45, 2.75) is 33.4 Å². The lowest BCUT2D eigenvalue weighted by Gasteiger charge is -2.27. The van der Waals surface area contributed by atoms with Gasteiger partial charge in [-0.05, 0) is 59.4 Å². The minimum Gasteiger partial charge on any atom is -0.378 e. The number of ether oxygens (including phenoxy) is 1. The molecule has 1 saturated heterocycles. The molecule has 0 bridgehead atoms. The van der Waals surface area contributed by atoms with E-state index in [0.29, 0.717) is 13.1 Å². The molecule has 3 aromatic rings. The van der Waals surface area contributed by atoms with Crippen LogP contribution >= 0.6 is 0 Å². The van der Waals surface area contributed by atoms with E-state index < -0.39 is 0 Å². The second-order valence-corrected chi connectivity index (χ2v) is 8.66. The molecule has 5 heteroatoms. The molecule has 0 unspecified atom stereocenters. The van der Waals surface area contributed by atoms with Crippen LogP contribution in [-0.2, 0) is 24.2 Å². The third-order valence-corrected chi connectivity index (χ3v) is 6.50. The van der Waals surface area contributed by atoms with E-state index in [0.717, 1.165) is 66.4 Å². The predicted molar refractivity (Wildman–Crippen MR) is 127 cm³/mol. The van der Waals surface area contributed by atoms with Gasteiger partial charge in [0.15, 0.2) is 0 Å². The molecular formula is C27H29N3O2. The van der Waals surface area contributed by atoms with E-state index in [2.05, 4.69) is 60.4 Å². The average Bonchev–Trinajstić information content (AvgIpc) is 3.15. The lowest BCUT2D eigenvalue weighted by molar-refractivity contribution is 0.0766. The largest absolute Gasteiger partial charge is 0.378 e. The molecule has 1 amide bonds. The normalized spacial score (nSPS) is 15.9. The molecule has 2 aliphatic rings. The number of aromatic nitrogens is 1. The Kier molecular flexibility index (Phi) is 5.66. The van der Waals surface area contributed by atoms with Crippen molar-refractivity contribution < 1.29 is 9.53 Å². The molecule has 2 aromatic carbocycles. The first-order valence-corrected chi connectivity index (χ1v) is 11.4. The number of morpholine rings is 1. The number of carbonyl (C=O) groups is 1. The first-order chi connectivity index (χ1) is 15.6. The second kappa shape index (κ2) is 8.75. The molecule has 0 saturated carbocycles. The molecule has 0 atom stereocenters. The molecule has 5 nitrogen and oxygen atoms in total. The Morgan fingerprint density at radius 2 is 1.72 bits per heavy atom. The average molecular weight is 428 g/mol. The fourth-order valence-corrected chi connectivity index (χ4v) is 4.66. The minimum atomic E-state index is 0.129. The van der Waals surface area contributed by atoms with Gasteiger partial charge in [-0.25, -0.2) is 4.98 Å². The van der Waals surface area contributed by atoms with Gasteiger partial charge < -0.3 is 14.5 Å². The van der Waals surface area contributed by atoms with Crippen LogP contribution in [0.3, 0.4) is 0 Å². The van der Waals surface area contributed by atoms with Gasteiger partial charge in [-0.15, -0.1) is 0 Å². The Hall–Kier alpha value is -3.18. The zero-order chi connectivity index (χ0) is 22.1. The molecule has 0 N–H and O–H groups in total. The number of rotatable bonds is 5. The third kappa shape index (κ3) is 4.00. The summed E-state index contributed by atoms with van der Waals surface area (Å²) < 4.78 is 5.43. The summed E-state index contributed by atoms with van der Waals surface area (Å²) in [5.41, 5.74) is 7.67. The summed E-state index contributed by atoms with van der Waals surface area (Å²) in [5.74, 6) is 1.12. The van der Waals surface area contributed by atoms with Gasteiger partial charge in [0.25, 0.3) is 5.91 Å². The van der Waals surface area contributed by atoms with Crippen LogP contribution in [-0.4, -0.2) is 42.1 Å². The van der Waals surface area contributed by atoms with Crippen LogP contribution in [0.4, 0.5) is 5.82 Å². The van der Waals surface area contributed by atoms with Gasteiger partial charge in [0.2, 0.25) is 0 Å². The van der Waals surface area contributed by atoms with Crippen molar-refractivity contribution in [2.24, 2.45) is 0 Å². The number of aryl methyl sites for hydroxylation is 2. The lowest BCUT2D eigenvalue weighted by atomic mass is 9.97. The number of hydrogen-bond donors (Lipinski definition) is 0. The van der Waals surface area contributed by atoms with E-state index in [1.807, 2.05) is 18.0 Å². The Bertz CT molecular complexity index is 1120. The molecule has 1 aromatic heterocycles. The third-order valence-electron chi connectivity index (χ3n) is 6.50. The maximum Gasteiger partial charge on any atom is 0.255 e. The van der Waals surface area contributed by atoms with Crippen LogP contribution in [0.2, 0.25) is 0 Å². The maximum atomic E-state index is 13.1. The SMILES string of the molecule is CCc1ccc(CN2Cc3cc(-c4ccc(N5CCOCC5)nc4)cc(C)c3C2=O)cc1. The summed E-state index contributed by atoms with van der Waals surface area (Å²) in [6.07, 6.45) is 2.97. The second-order valence-electron chi connectivity index (χ2n) is 8.66. The summed E-state index contributed by atoms with van der Waals surface area (Å²) in [6.45, 7) is 8.74. The number of anilines is 1. The van der Waals surface area contributed by atoms with Crippen molar-refractivity contribution in [3.63, 3.8) is 0 Å². The van der Waals surface area contributed by atoms with E-state index >= 15 is 0 Å². The standard InChI is InChI=1S/C27H29N3O2/c1-3-20-4-6-21(7-5-20)17-30-18-24-15-23(14-19(2)26(24)27(30)31)22-8-9-25(28-16-22)29-10-12-32-13-11-29/h4-9,14-16H,3,10-13,17-18H2,1-2H3. The maximum absolute atomic E-state index is 13.1. The van der Waals surface area contributed by atoms with Gasteiger partial charge in [0, 0.05) is 43.5 Å². The van der Waals surface area contributed by atoms with Gasteiger partial charge >= 0.3 is 0 Å². The monoisotopic (exact) mass is 427 g/mol. The van der Waals surface area contributed by atoms with Crippen LogP contribution in [0.15, 0.2) is 54.7 Å². The smallest absolute Gasteiger partial charge is 0.255 e. The summed E-state index contributed by atoms with van der Waals surface area (Å²) in [5, 5.41) is 0. The molecule has 0 spiro atoms. The van der Waals surface area contributed by atoms with E-state index in [-0.39, 0.29) is 5.91 Å². The molecule has 164 valence electrons. The number of fused-ring (bicyclic) bond motifs is 1. The fourth-order valence-electron chi connectivity index (χ4n) is 4.66. The van der Waals surface area contributed by atoms with Crippen LogP contribution in [0, 0.1) is 6.92 Å². The fraction of sp³-hybridized carbons (Fsp3) is 0.333. The molecule has 5 rings (SSSR count). The zero-order valence-electron chi connectivity index (χ0n) is 18.8. The van der Waals surface area contributed by atoms with Gasteiger partial charge in [-0.3, -0.25) is 4.79 Å². The first kappa shape index (κ1) is 20.7. The highest BCUT2D eigenvalue weighted by molar-refractivity contribution is 6.00. The summed E-state index contributed by atoms with van der Waals surface area (Å²) in [6, 6.07) is 17.1. The molecule has 0 radical (unpaired) electrons. The van der Waals surface area contributed by atoms with E-state index in [1.54, 1.807) is 0 Å². The molecule has 32 heavy (non-hydrogen) atoms. The summed E-state index contributed by atoms with van der Waals surface area (Å²) >= 11 is 0. The van der Waals surface area contributed by atoms with Crippen molar-refractivity contribution >= 4 is 11.7 Å². The van der Waals surface area contributed by atoms with Gasteiger partial charge in [-0.2, -0.15) is 0 Å². The molecule has 1 fully saturated rings. The van der Waals surface area contributed by atoms with E-state index in [9.17, 15) is 4.79 Å². The van der Waals surface area contributed by atoms with Gasteiger partial charge in [0.1, 0.15) is 5.82 Å². The number of carbonyl (C=O) groups excluding carboxylic acids is 1. The summed E-state index contributed by atoms with van der Waals surface area (Å²) in [4.78, 5) is 22.0. The number of benzene rings is 2. The lowest BCUT2D eigenvalue weighted by Crippen LogP contribution is -2.36. The molecule has 0 aliphatic carbocycles. The van der Waals surface area contributed by atoms with Crippen molar-refractivity contribution in [1.82, 2.24) is 9.88 Å². The summed E-state index contributed by atoms with van der Waals surface area (Å²) in [7, 11) is 0.